The number of aliphatic imine (C=N–C) groups is 1. The van der Waals surface area contributed by atoms with Gasteiger partial charge in [-0.1, -0.05) is 36.4 Å². The average molecular weight is 517 g/mol. The Balaban J connectivity index is 0.00000392. The third kappa shape index (κ3) is 8.05. The van der Waals surface area contributed by atoms with Crippen molar-refractivity contribution in [1.29, 1.82) is 0 Å². The average Bonchev–Trinajstić information content (AvgIpc) is 2.63. The molecule has 0 aromatic heterocycles. The molecule has 0 aliphatic heterocycles. The summed E-state index contributed by atoms with van der Waals surface area (Å²) < 4.78 is 27.9. The molecule has 0 aliphatic carbocycles. The van der Waals surface area contributed by atoms with Gasteiger partial charge in [-0.3, -0.25) is 4.99 Å². The SMILES string of the molecule is CN=C(NCc1ccc(CS(C)(=O)=O)cc1)N(C)Cc1ccc(OC)cc1.I. The topological polar surface area (TPSA) is 71.0 Å². The number of methoxy groups -OCH3 is 1. The van der Waals surface area contributed by atoms with Crippen LogP contribution in [0.3, 0.4) is 0 Å². The number of hydrogen-bond acceptors (Lipinski definition) is 4. The third-order valence-corrected chi connectivity index (χ3v) is 4.91. The molecule has 1 N–H and O–H groups in total. The van der Waals surface area contributed by atoms with Crippen LogP contribution in [0.1, 0.15) is 16.7 Å². The summed E-state index contributed by atoms with van der Waals surface area (Å²) in [7, 11) is 2.37. The summed E-state index contributed by atoms with van der Waals surface area (Å²) in [5.74, 6) is 1.68. The molecular weight excluding hydrogens is 489 g/mol. The van der Waals surface area contributed by atoms with Crippen LogP contribution in [-0.4, -0.2) is 46.7 Å². The highest BCUT2D eigenvalue weighted by Crippen LogP contribution is 2.13. The second-order valence-electron chi connectivity index (χ2n) is 6.49. The van der Waals surface area contributed by atoms with Crippen LogP contribution < -0.4 is 10.1 Å². The van der Waals surface area contributed by atoms with E-state index in [4.69, 9.17) is 4.74 Å². The highest BCUT2D eigenvalue weighted by molar-refractivity contribution is 14.0. The predicted octanol–water partition coefficient (Wildman–Crippen LogP) is 3.07. The van der Waals surface area contributed by atoms with Crippen LogP contribution in [0.15, 0.2) is 53.5 Å². The van der Waals surface area contributed by atoms with Gasteiger partial charge in [0.15, 0.2) is 15.8 Å². The van der Waals surface area contributed by atoms with E-state index in [0.717, 1.165) is 34.9 Å². The zero-order chi connectivity index (χ0) is 19.9. The summed E-state index contributed by atoms with van der Waals surface area (Å²) in [6.45, 7) is 1.33. The van der Waals surface area contributed by atoms with Gasteiger partial charge in [-0.05, 0) is 28.8 Å². The van der Waals surface area contributed by atoms with Gasteiger partial charge in [-0.2, -0.15) is 0 Å². The van der Waals surface area contributed by atoms with Gasteiger partial charge in [0.05, 0.1) is 12.9 Å². The van der Waals surface area contributed by atoms with Gasteiger partial charge in [0.2, 0.25) is 0 Å². The summed E-state index contributed by atoms with van der Waals surface area (Å²) in [6.07, 6.45) is 1.24. The highest BCUT2D eigenvalue weighted by Gasteiger charge is 2.08. The first-order valence-electron chi connectivity index (χ1n) is 8.61. The molecule has 0 radical (unpaired) electrons. The molecule has 0 aliphatic rings. The van der Waals surface area contributed by atoms with Crippen molar-refractivity contribution in [1.82, 2.24) is 10.2 Å². The van der Waals surface area contributed by atoms with Crippen LogP contribution >= 0.6 is 24.0 Å². The molecule has 154 valence electrons. The van der Waals surface area contributed by atoms with E-state index in [1.165, 1.54) is 6.26 Å². The van der Waals surface area contributed by atoms with Crippen molar-refractivity contribution < 1.29 is 13.2 Å². The number of nitrogens with one attached hydrogen (secondary N) is 1. The van der Waals surface area contributed by atoms with Crippen LogP contribution in [0, 0.1) is 0 Å². The molecule has 0 fully saturated rings. The molecule has 0 amide bonds. The Bertz CT molecular complexity index is 867. The molecule has 0 unspecified atom stereocenters. The molecule has 0 saturated heterocycles. The maximum absolute atomic E-state index is 11.4. The molecule has 0 spiro atoms. The van der Waals surface area contributed by atoms with Crippen molar-refractivity contribution in [3.05, 3.63) is 65.2 Å². The zero-order valence-electron chi connectivity index (χ0n) is 16.7. The lowest BCUT2D eigenvalue weighted by Crippen LogP contribution is -2.38. The molecule has 28 heavy (non-hydrogen) atoms. The van der Waals surface area contributed by atoms with Crippen molar-refractivity contribution in [2.24, 2.45) is 4.99 Å². The fourth-order valence-electron chi connectivity index (χ4n) is 2.70. The number of guanidine groups is 1. The maximum Gasteiger partial charge on any atom is 0.193 e. The first kappa shape index (κ1) is 24.2. The van der Waals surface area contributed by atoms with Gasteiger partial charge in [-0.15, -0.1) is 24.0 Å². The summed E-state index contributed by atoms with van der Waals surface area (Å²) in [6, 6.07) is 15.5. The molecule has 0 bridgehead atoms. The van der Waals surface area contributed by atoms with Crippen LogP contribution in [0.25, 0.3) is 0 Å². The van der Waals surface area contributed by atoms with Crippen molar-refractivity contribution >= 4 is 39.8 Å². The van der Waals surface area contributed by atoms with E-state index in [-0.39, 0.29) is 29.7 Å². The lowest BCUT2D eigenvalue weighted by Gasteiger charge is -2.22. The van der Waals surface area contributed by atoms with Gasteiger partial charge in [-0.25, -0.2) is 8.42 Å². The largest absolute Gasteiger partial charge is 0.497 e. The number of rotatable bonds is 7. The molecule has 8 heteroatoms. The zero-order valence-corrected chi connectivity index (χ0v) is 19.8. The van der Waals surface area contributed by atoms with E-state index in [0.29, 0.717) is 6.54 Å². The van der Waals surface area contributed by atoms with Crippen LogP contribution in [0.4, 0.5) is 0 Å². The van der Waals surface area contributed by atoms with E-state index in [2.05, 4.69) is 10.3 Å². The van der Waals surface area contributed by atoms with Gasteiger partial charge in [0, 0.05) is 33.4 Å². The Hall–Kier alpha value is -1.81. The number of hydrogen-bond donors (Lipinski definition) is 1. The van der Waals surface area contributed by atoms with E-state index >= 15 is 0 Å². The maximum atomic E-state index is 11.4. The number of nitrogens with zero attached hydrogens (tertiary/aromatic N) is 2. The minimum Gasteiger partial charge on any atom is -0.497 e. The second-order valence-corrected chi connectivity index (χ2v) is 8.63. The van der Waals surface area contributed by atoms with Crippen molar-refractivity contribution in [2.45, 2.75) is 18.8 Å². The van der Waals surface area contributed by atoms with Gasteiger partial charge >= 0.3 is 0 Å². The van der Waals surface area contributed by atoms with E-state index in [1.807, 2.05) is 60.5 Å². The smallest absolute Gasteiger partial charge is 0.193 e. The number of benzene rings is 2. The van der Waals surface area contributed by atoms with E-state index in [9.17, 15) is 8.42 Å². The summed E-state index contributed by atoms with van der Waals surface area (Å²) in [5, 5.41) is 3.33. The highest BCUT2D eigenvalue weighted by atomic mass is 127. The monoisotopic (exact) mass is 517 g/mol. The molecule has 0 atom stereocenters. The third-order valence-electron chi connectivity index (χ3n) is 4.05. The molecule has 0 heterocycles. The van der Waals surface area contributed by atoms with Gasteiger partial charge in [0.1, 0.15) is 5.75 Å². The standard InChI is InChI=1S/C20H27N3O3S.HI/c1-21-20(23(2)14-17-9-11-19(26-3)12-10-17)22-13-16-5-7-18(8-6-16)15-27(4,24)25;/h5-12H,13-15H2,1-4H3,(H,21,22);1H. The second kappa shape index (κ2) is 11.3. The van der Waals surface area contributed by atoms with Crippen LogP contribution in [-0.2, 0) is 28.7 Å². The summed E-state index contributed by atoms with van der Waals surface area (Å²) >= 11 is 0. The first-order chi connectivity index (χ1) is 12.8. The number of sulfone groups is 1. The quantitative estimate of drug-likeness (QED) is 0.348. The van der Waals surface area contributed by atoms with Crippen molar-refractivity contribution in [3.63, 3.8) is 0 Å². The fraction of sp³-hybridized carbons (Fsp3) is 0.350. The predicted molar refractivity (Wildman–Crippen MR) is 125 cm³/mol. The first-order valence-corrected chi connectivity index (χ1v) is 10.7. The van der Waals surface area contributed by atoms with Gasteiger partial charge in [0.25, 0.3) is 0 Å². The lowest BCUT2D eigenvalue weighted by atomic mass is 10.1. The fourth-order valence-corrected chi connectivity index (χ4v) is 3.50. The minimum absolute atomic E-state index is 0. The molecule has 2 rings (SSSR count). The minimum atomic E-state index is -3.01. The normalized spacial score (nSPS) is 11.5. The van der Waals surface area contributed by atoms with E-state index in [1.54, 1.807) is 14.2 Å². The Labute approximate surface area is 184 Å². The Morgan fingerprint density at radius 1 is 1.04 bits per heavy atom. The number of ether oxygens (including phenoxy) is 1. The molecular formula is C20H28IN3O3S. The Morgan fingerprint density at radius 2 is 1.57 bits per heavy atom. The van der Waals surface area contributed by atoms with Crippen molar-refractivity contribution in [2.75, 3.05) is 27.5 Å². The molecule has 2 aromatic carbocycles. The van der Waals surface area contributed by atoms with Gasteiger partial charge < -0.3 is 15.0 Å². The molecule has 6 nitrogen and oxygen atoms in total. The molecule has 2 aromatic rings. The Kier molecular flexibility index (Phi) is 9.74. The van der Waals surface area contributed by atoms with Crippen LogP contribution in [0.2, 0.25) is 0 Å². The summed E-state index contributed by atoms with van der Waals surface area (Å²) in [5.41, 5.74) is 3.01. The lowest BCUT2D eigenvalue weighted by molar-refractivity contribution is 0.414. The van der Waals surface area contributed by atoms with Crippen molar-refractivity contribution in [3.8, 4) is 5.75 Å². The van der Waals surface area contributed by atoms with Crippen LogP contribution in [0.5, 0.6) is 5.75 Å². The number of halogens is 1. The summed E-state index contributed by atoms with van der Waals surface area (Å²) in [4.78, 5) is 6.37. The Morgan fingerprint density at radius 3 is 2.07 bits per heavy atom. The van der Waals surface area contributed by atoms with E-state index < -0.39 is 9.84 Å². The molecule has 0 saturated carbocycles.